The van der Waals surface area contributed by atoms with E-state index in [1.165, 1.54) is 12.8 Å². The Morgan fingerprint density at radius 2 is 1.89 bits per heavy atom. The summed E-state index contributed by atoms with van der Waals surface area (Å²) in [5.74, 6) is -0.113. The lowest BCUT2D eigenvalue weighted by Crippen LogP contribution is -2.24. The SMILES string of the molecule is CCCCCC=C(C)C(=O)O[SiH](CCC)CCOC. The quantitative estimate of drug-likeness (QED) is 0.329. The molecule has 0 bridgehead atoms. The molecular weight excluding hydrogens is 256 g/mol. The van der Waals surface area contributed by atoms with E-state index in [9.17, 15) is 4.79 Å². The molecule has 19 heavy (non-hydrogen) atoms. The summed E-state index contributed by atoms with van der Waals surface area (Å²) in [4.78, 5) is 12.0. The molecule has 0 heterocycles. The minimum absolute atomic E-state index is 0.113. The normalized spacial score (nSPS) is 13.4. The number of methoxy groups -OCH3 is 1. The molecule has 0 saturated carbocycles. The monoisotopic (exact) mass is 286 g/mol. The molecule has 0 saturated heterocycles. The van der Waals surface area contributed by atoms with Crippen LogP contribution in [0.25, 0.3) is 0 Å². The van der Waals surface area contributed by atoms with E-state index >= 15 is 0 Å². The second-order valence-electron chi connectivity index (χ2n) is 4.98. The van der Waals surface area contributed by atoms with Gasteiger partial charge in [-0.05, 0) is 31.9 Å². The average Bonchev–Trinajstić information content (AvgIpc) is 2.40. The van der Waals surface area contributed by atoms with Crippen molar-refractivity contribution in [3.05, 3.63) is 11.6 Å². The fraction of sp³-hybridized carbons (Fsp3) is 0.800. The van der Waals surface area contributed by atoms with Gasteiger partial charge in [-0.15, -0.1) is 0 Å². The van der Waals surface area contributed by atoms with E-state index in [2.05, 4.69) is 13.8 Å². The smallest absolute Gasteiger partial charge is 0.319 e. The molecule has 0 aliphatic rings. The number of allylic oxidation sites excluding steroid dienone is 1. The number of carbonyl (C=O) groups excluding carboxylic acids is 1. The molecule has 0 N–H and O–H groups in total. The molecule has 112 valence electrons. The second-order valence-corrected chi connectivity index (χ2v) is 7.61. The largest absolute Gasteiger partial charge is 0.519 e. The van der Waals surface area contributed by atoms with E-state index in [0.717, 1.165) is 36.9 Å². The molecule has 0 rings (SSSR count). The summed E-state index contributed by atoms with van der Waals surface area (Å²) < 4.78 is 10.7. The van der Waals surface area contributed by atoms with Crippen LogP contribution in [0.4, 0.5) is 0 Å². The summed E-state index contributed by atoms with van der Waals surface area (Å²) in [6, 6.07) is 1.96. The fourth-order valence-electron chi connectivity index (χ4n) is 1.87. The molecule has 0 aromatic carbocycles. The van der Waals surface area contributed by atoms with E-state index in [0.29, 0.717) is 6.61 Å². The van der Waals surface area contributed by atoms with E-state index < -0.39 is 9.04 Å². The molecule has 0 aliphatic carbocycles. The van der Waals surface area contributed by atoms with Gasteiger partial charge < -0.3 is 9.16 Å². The van der Waals surface area contributed by atoms with E-state index in [1.54, 1.807) is 7.11 Å². The van der Waals surface area contributed by atoms with Crippen molar-refractivity contribution in [1.29, 1.82) is 0 Å². The Bertz CT molecular complexity index is 264. The van der Waals surface area contributed by atoms with Crippen LogP contribution >= 0.6 is 0 Å². The summed E-state index contributed by atoms with van der Waals surface area (Å²) in [6.07, 6.45) is 7.66. The molecule has 0 radical (unpaired) electrons. The van der Waals surface area contributed by atoms with Crippen LogP contribution in [-0.2, 0) is 14.0 Å². The molecule has 4 heteroatoms. The third-order valence-electron chi connectivity index (χ3n) is 3.11. The fourth-order valence-corrected chi connectivity index (χ4v) is 4.03. The lowest BCUT2D eigenvalue weighted by Gasteiger charge is -2.15. The topological polar surface area (TPSA) is 35.5 Å². The molecular formula is C15H30O3Si. The molecule has 1 unspecified atom stereocenters. The van der Waals surface area contributed by atoms with Crippen molar-refractivity contribution in [1.82, 2.24) is 0 Å². The maximum absolute atomic E-state index is 12.0. The molecule has 0 amide bonds. The zero-order valence-corrected chi connectivity index (χ0v) is 14.2. The number of ether oxygens (including phenoxy) is 1. The van der Waals surface area contributed by atoms with Crippen LogP contribution in [0.3, 0.4) is 0 Å². The molecule has 0 aromatic heterocycles. The Morgan fingerprint density at radius 3 is 2.47 bits per heavy atom. The number of hydrogen-bond donors (Lipinski definition) is 0. The van der Waals surface area contributed by atoms with Crippen LogP contribution in [0.1, 0.15) is 52.9 Å². The number of rotatable bonds is 11. The third-order valence-corrected chi connectivity index (χ3v) is 5.76. The lowest BCUT2D eigenvalue weighted by molar-refractivity contribution is -0.130. The number of carbonyl (C=O) groups is 1. The van der Waals surface area contributed by atoms with Gasteiger partial charge in [0.15, 0.2) is 0 Å². The predicted octanol–water partition coefficient (Wildman–Crippen LogP) is 3.84. The van der Waals surface area contributed by atoms with Crippen LogP contribution in [0.2, 0.25) is 12.1 Å². The van der Waals surface area contributed by atoms with Gasteiger partial charge in [-0.2, -0.15) is 0 Å². The average molecular weight is 286 g/mol. The summed E-state index contributed by atoms with van der Waals surface area (Å²) in [5.41, 5.74) is 0.766. The highest BCUT2D eigenvalue weighted by molar-refractivity contribution is 6.54. The molecule has 1 atom stereocenters. The van der Waals surface area contributed by atoms with Crippen LogP contribution in [0.5, 0.6) is 0 Å². The van der Waals surface area contributed by atoms with Gasteiger partial charge in [-0.1, -0.05) is 39.2 Å². The van der Waals surface area contributed by atoms with Gasteiger partial charge in [0.25, 0.3) is 0 Å². The van der Waals surface area contributed by atoms with Crippen molar-refractivity contribution in [3.8, 4) is 0 Å². The highest BCUT2D eigenvalue weighted by atomic mass is 28.3. The maximum Gasteiger partial charge on any atom is 0.319 e. The van der Waals surface area contributed by atoms with Crippen LogP contribution < -0.4 is 0 Å². The van der Waals surface area contributed by atoms with E-state index in [1.807, 2.05) is 13.0 Å². The van der Waals surface area contributed by atoms with E-state index in [-0.39, 0.29) is 5.97 Å². The van der Waals surface area contributed by atoms with Gasteiger partial charge in [0.05, 0.1) is 0 Å². The number of hydrogen-bond acceptors (Lipinski definition) is 3. The van der Waals surface area contributed by atoms with Gasteiger partial charge in [0.2, 0.25) is 9.04 Å². The van der Waals surface area contributed by atoms with Crippen molar-refractivity contribution in [2.45, 2.75) is 65.0 Å². The molecule has 3 nitrogen and oxygen atoms in total. The minimum atomic E-state index is -1.43. The molecule has 0 aliphatic heterocycles. The predicted molar refractivity (Wildman–Crippen MR) is 82.9 cm³/mol. The summed E-state index contributed by atoms with van der Waals surface area (Å²) >= 11 is 0. The maximum atomic E-state index is 12.0. The second kappa shape index (κ2) is 12.4. The van der Waals surface area contributed by atoms with Crippen molar-refractivity contribution in [3.63, 3.8) is 0 Å². The first-order valence-electron chi connectivity index (χ1n) is 7.52. The highest BCUT2D eigenvalue weighted by Crippen LogP contribution is 2.10. The van der Waals surface area contributed by atoms with Gasteiger partial charge in [0.1, 0.15) is 0 Å². The number of unbranched alkanes of at least 4 members (excludes halogenated alkanes) is 3. The van der Waals surface area contributed by atoms with Crippen LogP contribution in [0, 0.1) is 0 Å². The van der Waals surface area contributed by atoms with Gasteiger partial charge in [-0.25, -0.2) is 4.79 Å². The molecule has 0 fully saturated rings. The standard InChI is InChI=1S/C15H30O3Si/c1-5-7-8-9-10-14(3)15(16)18-19(12-6-2)13-11-17-4/h10,19H,5-9,11-13H2,1-4H3. The minimum Gasteiger partial charge on any atom is -0.519 e. The highest BCUT2D eigenvalue weighted by Gasteiger charge is 2.16. The first-order valence-corrected chi connectivity index (χ1v) is 9.62. The summed E-state index contributed by atoms with van der Waals surface area (Å²) in [7, 11) is 0.265. The van der Waals surface area contributed by atoms with Gasteiger partial charge in [-0.3, -0.25) is 0 Å². The Labute approximate surface area is 120 Å². The Kier molecular flexibility index (Phi) is 12.0. The van der Waals surface area contributed by atoms with Gasteiger partial charge >= 0.3 is 5.97 Å². The first kappa shape index (κ1) is 18.4. The van der Waals surface area contributed by atoms with Crippen molar-refractivity contribution >= 4 is 15.0 Å². The van der Waals surface area contributed by atoms with Crippen molar-refractivity contribution in [2.24, 2.45) is 0 Å². The zero-order valence-electron chi connectivity index (χ0n) is 13.0. The van der Waals surface area contributed by atoms with Crippen LogP contribution in [0.15, 0.2) is 11.6 Å². The Morgan fingerprint density at radius 1 is 1.16 bits per heavy atom. The molecule has 0 spiro atoms. The molecule has 0 aromatic rings. The van der Waals surface area contributed by atoms with Gasteiger partial charge in [0, 0.05) is 19.3 Å². The van der Waals surface area contributed by atoms with Crippen molar-refractivity contribution < 1.29 is 14.0 Å². The zero-order chi connectivity index (χ0) is 14.5. The third kappa shape index (κ3) is 9.90. The summed E-state index contributed by atoms with van der Waals surface area (Å²) in [5, 5.41) is 0. The summed E-state index contributed by atoms with van der Waals surface area (Å²) in [6.45, 7) is 6.88. The lowest BCUT2D eigenvalue weighted by atomic mass is 10.1. The Hall–Kier alpha value is -0.613. The first-order chi connectivity index (χ1) is 9.15. The van der Waals surface area contributed by atoms with Crippen molar-refractivity contribution in [2.75, 3.05) is 13.7 Å². The van der Waals surface area contributed by atoms with Crippen LogP contribution in [-0.4, -0.2) is 28.7 Å². The Balaban J connectivity index is 4.13. The van der Waals surface area contributed by atoms with E-state index in [4.69, 9.17) is 9.16 Å².